The Morgan fingerprint density at radius 2 is 2.18 bits per heavy atom. The molecule has 0 radical (unpaired) electrons. The van der Waals surface area contributed by atoms with Crippen LogP contribution in [-0.2, 0) is 4.74 Å². The van der Waals surface area contributed by atoms with E-state index in [2.05, 4.69) is 5.43 Å². The second-order valence-corrected chi connectivity index (χ2v) is 4.22. The monoisotopic (exact) mass is 242 g/mol. The number of nitrogens with one attached hydrogen (secondary N) is 1. The van der Waals surface area contributed by atoms with Gasteiger partial charge in [-0.15, -0.1) is 0 Å². The van der Waals surface area contributed by atoms with Crippen molar-refractivity contribution < 1.29 is 13.5 Å². The molecule has 0 spiro atoms. The van der Waals surface area contributed by atoms with Gasteiger partial charge in [0, 0.05) is 18.2 Å². The van der Waals surface area contributed by atoms with E-state index in [4.69, 9.17) is 10.6 Å². The highest BCUT2D eigenvalue weighted by atomic mass is 19.1. The first-order valence-electron chi connectivity index (χ1n) is 5.75. The van der Waals surface area contributed by atoms with Gasteiger partial charge in [-0.2, -0.15) is 0 Å². The molecule has 5 heteroatoms. The van der Waals surface area contributed by atoms with Crippen LogP contribution in [0, 0.1) is 11.6 Å². The van der Waals surface area contributed by atoms with Crippen molar-refractivity contribution in [2.75, 3.05) is 6.61 Å². The smallest absolute Gasteiger partial charge is 0.131 e. The molecule has 0 aromatic heterocycles. The lowest BCUT2D eigenvalue weighted by molar-refractivity contribution is -0.00894. The lowest BCUT2D eigenvalue weighted by Crippen LogP contribution is -2.40. The molecule has 3 nitrogen and oxygen atoms in total. The van der Waals surface area contributed by atoms with Gasteiger partial charge in [0.05, 0.1) is 12.1 Å². The van der Waals surface area contributed by atoms with E-state index >= 15 is 0 Å². The number of benzene rings is 1. The zero-order valence-corrected chi connectivity index (χ0v) is 9.46. The third kappa shape index (κ3) is 2.80. The predicted octanol–water partition coefficient (Wildman–Crippen LogP) is 2.04. The number of rotatable bonds is 3. The first-order valence-corrected chi connectivity index (χ1v) is 5.75. The Labute approximate surface area is 98.9 Å². The topological polar surface area (TPSA) is 47.3 Å². The molecule has 94 valence electrons. The Bertz CT molecular complexity index is 381. The summed E-state index contributed by atoms with van der Waals surface area (Å²) in [6.45, 7) is 0.658. The van der Waals surface area contributed by atoms with E-state index in [9.17, 15) is 8.78 Å². The van der Waals surface area contributed by atoms with Gasteiger partial charge in [0.25, 0.3) is 0 Å². The van der Waals surface area contributed by atoms with Crippen LogP contribution >= 0.6 is 0 Å². The van der Waals surface area contributed by atoms with Crippen LogP contribution in [0.3, 0.4) is 0 Å². The normalized spacial score (nSPS) is 22.4. The van der Waals surface area contributed by atoms with Gasteiger partial charge in [0.1, 0.15) is 11.6 Å². The zero-order chi connectivity index (χ0) is 12.3. The van der Waals surface area contributed by atoms with Crippen molar-refractivity contribution in [2.45, 2.75) is 31.4 Å². The molecule has 0 saturated carbocycles. The summed E-state index contributed by atoms with van der Waals surface area (Å²) < 4.78 is 32.1. The maximum atomic E-state index is 13.7. The van der Waals surface area contributed by atoms with Crippen LogP contribution in [0.1, 0.15) is 30.9 Å². The Kier molecular flexibility index (Phi) is 4.04. The molecule has 1 fully saturated rings. The summed E-state index contributed by atoms with van der Waals surface area (Å²) in [5.41, 5.74) is 2.91. The van der Waals surface area contributed by atoms with E-state index in [-0.39, 0.29) is 6.10 Å². The third-order valence-electron chi connectivity index (χ3n) is 3.06. The highest BCUT2D eigenvalue weighted by Crippen LogP contribution is 2.27. The molecule has 2 rings (SSSR count). The van der Waals surface area contributed by atoms with E-state index < -0.39 is 17.7 Å². The number of nitrogens with two attached hydrogens (primary N) is 1. The second kappa shape index (κ2) is 5.53. The molecule has 17 heavy (non-hydrogen) atoms. The highest BCUT2D eigenvalue weighted by Gasteiger charge is 2.27. The highest BCUT2D eigenvalue weighted by molar-refractivity contribution is 5.23. The fourth-order valence-electron chi connectivity index (χ4n) is 2.18. The minimum Gasteiger partial charge on any atom is -0.376 e. The Hall–Kier alpha value is -1.04. The molecule has 1 aliphatic rings. The van der Waals surface area contributed by atoms with Gasteiger partial charge in [-0.05, 0) is 25.3 Å². The van der Waals surface area contributed by atoms with Gasteiger partial charge in [-0.3, -0.25) is 11.3 Å². The average molecular weight is 242 g/mol. The fourth-order valence-corrected chi connectivity index (χ4v) is 2.18. The fraction of sp³-hybridized carbons (Fsp3) is 0.500. The summed E-state index contributed by atoms with van der Waals surface area (Å²) in [6, 6.07) is 3.07. The second-order valence-electron chi connectivity index (χ2n) is 4.22. The molecule has 1 aliphatic heterocycles. The first-order chi connectivity index (χ1) is 8.22. The first kappa shape index (κ1) is 12.4. The molecule has 3 N–H and O–H groups in total. The average Bonchev–Trinajstić information content (AvgIpc) is 2.34. The van der Waals surface area contributed by atoms with Crippen molar-refractivity contribution in [2.24, 2.45) is 5.84 Å². The van der Waals surface area contributed by atoms with Crippen LogP contribution in [0.2, 0.25) is 0 Å². The molecule has 1 aromatic carbocycles. The molecule has 0 aliphatic carbocycles. The molecule has 1 heterocycles. The lowest BCUT2D eigenvalue weighted by atomic mass is 9.96. The van der Waals surface area contributed by atoms with Gasteiger partial charge < -0.3 is 4.74 Å². The van der Waals surface area contributed by atoms with Crippen molar-refractivity contribution in [3.63, 3.8) is 0 Å². The van der Waals surface area contributed by atoms with E-state index in [1.54, 1.807) is 0 Å². The molecular weight excluding hydrogens is 226 g/mol. The minimum atomic E-state index is -0.595. The summed E-state index contributed by atoms with van der Waals surface area (Å²) in [4.78, 5) is 0. The van der Waals surface area contributed by atoms with Crippen LogP contribution in [0.15, 0.2) is 18.2 Å². The van der Waals surface area contributed by atoms with Crippen LogP contribution in [-0.4, -0.2) is 12.7 Å². The summed E-state index contributed by atoms with van der Waals surface area (Å²) >= 11 is 0. The van der Waals surface area contributed by atoms with E-state index in [0.717, 1.165) is 25.3 Å². The van der Waals surface area contributed by atoms with Crippen LogP contribution < -0.4 is 11.3 Å². The minimum absolute atomic E-state index is 0.159. The molecule has 1 aromatic rings. The quantitative estimate of drug-likeness (QED) is 0.630. The van der Waals surface area contributed by atoms with Gasteiger partial charge in [0.15, 0.2) is 0 Å². The van der Waals surface area contributed by atoms with Crippen LogP contribution in [0.4, 0.5) is 8.78 Å². The number of ether oxygens (including phenoxy) is 1. The molecule has 2 atom stereocenters. The molecule has 2 unspecified atom stereocenters. The van der Waals surface area contributed by atoms with Crippen molar-refractivity contribution in [3.05, 3.63) is 35.4 Å². The standard InChI is InChI=1S/C12H16F2N2O/c13-8-4-5-9(10(14)7-8)12(16-15)11-3-1-2-6-17-11/h4-5,7,11-12,16H,1-3,6,15H2. The third-order valence-corrected chi connectivity index (χ3v) is 3.06. The van der Waals surface area contributed by atoms with E-state index in [0.29, 0.717) is 12.2 Å². The van der Waals surface area contributed by atoms with Gasteiger partial charge in [-0.25, -0.2) is 8.78 Å². The van der Waals surface area contributed by atoms with Gasteiger partial charge in [-0.1, -0.05) is 6.07 Å². The van der Waals surface area contributed by atoms with Crippen molar-refractivity contribution >= 4 is 0 Å². The van der Waals surface area contributed by atoms with Crippen LogP contribution in [0.5, 0.6) is 0 Å². The van der Waals surface area contributed by atoms with Crippen molar-refractivity contribution in [3.8, 4) is 0 Å². The largest absolute Gasteiger partial charge is 0.376 e. The molecule has 1 saturated heterocycles. The summed E-state index contributed by atoms with van der Waals surface area (Å²) in [7, 11) is 0. The lowest BCUT2D eigenvalue weighted by Gasteiger charge is -2.30. The summed E-state index contributed by atoms with van der Waals surface area (Å²) in [6.07, 6.45) is 2.71. The Morgan fingerprint density at radius 1 is 1.35 bits per heavy atom. The predicted molar refractivity (Wildman–Crippen MR) is 60.0 cm³/mol. The Morgan fingerprint density at radius 3 is 2.76 bits per heavy atom. The Balaban J connectivity index is 2.21. The van der Waals surface area contributed by atoms with Crippen molar-refractivity contribution in [1.82, 2.24) is 5.43 Å². The number of halogens is 2. The molecule has 0 bridgehead atoms. The molecular formula is C12H16F2N2O. The van der Waals surface area contributed by atoms with Crippen molar-refractivity contribution in [1.29, 1.82) is 0 Å². The molecule has 0 amide bonds. The van der Waals surface area contributed by atoms with Gasteiger partial charge in [0.2, 0.25) is 0 Å². The zero-order valence-electron chi connectivity index (χ0n) is 9.46. The maximum Gasteiger partial charge on any atom is 0.131 e. The number of hydrogen-bond donors (Lipinski definition) is 2. The maximum absolute atomic E-state index is 13.7. The SMILES string of the molecule is NNC(c1ccc(F)cc1F)C1CCCCO1. The number of hydrazine groups is 1. The van der Waals surface area contributed by atoms with Crippen LogP contribution in [0.25, 0.3) is 0 Å². The van der Waals surface area contributed by atoms with E-state index in [1.807, 2.05) is 0 Å². The number of hydrogen-bond acceptors (Lipinski definition) is 3. The van der Waals surface area contributed by atoms with E-state index in [1.165, 1.54) is 12.1 Å². The van der Waals surface area contributed by atoms with Gasteiger partial charge >= 0.3 is 0 Å². The summed E-state index contributed by atoms with van der Waals surface area (Å²) in [5.74, 6) is 4.27. The summed E-state index contributed by atoms with van der Waals surface area (Å²) in [5, 5.41) is 0.